The smallest absolute Gasteiger partial charge is 0.0410 e. The molecule has 0 bridgehead atoms. The predicted molar refractivity (Wildman–Crippen MR) is 74.0 cm³/mol. The Kier molecular flexibility index (Phi) is 4.95. The van der Waals surface area contributed by atoms with Crippen molar-refractivity contribution in [3.63, 3.8) is 0 Å². The molecule has 0 aromatic carbocycles. The van der Waals surface area contributed by atoms with Crippen LogP contribution in [0.15, 0.2) is 22.9 Å². The first-order valence-electron chi connectivity index (χ1n) is 6.36. The highest BCUT2D eigenvalue weighted by molar-refractivity contribution is 9.10. The molecule has 2 heterocycles. The summed E-state index contributed by atoms with van der Waals surface area (Å²) in [4.78, 5) is 6.87. The van der Waals surface area contributed by atoms with E-state index in [2.05, 4.69) is 44.1 Å². The Morgan fingerprint density at radius 3 is 2.82 bits per heavy atom. The molecule has 1 aliphatic heterocycles. The lowest BCUT2D eigenvalue weighted by Crippen LogP contribution is -2.45. The Labute approximate surface area is 112 Å². The van der Waals surface area contributed by atoms with Crippen molar-refractivity contribution in [2.75, 3.05) is 26.2 Å². The van der Waals surface area contributed by atoms with Gasteiger partial charge in [0.25, 0.3) is 0 Å². The average molecular weight is 298 g/mol. The lowest BCUT2D eigenvalue weighted by molar-refractivity contribution is 0.164. The van der Waals surface area contributed by atoms with E-state index >= 15 is 0 Å². The minimum atomic E-state index is 0.520. The van der Waals surface area contributed by atoms with Crippen molar-refractivity contribution < 1.29 is 0 Å². The largest absolute Gasteiger partial charge is 0.314 e. The van der Waals surface area contributed by atoms with E-state index in [1.807, 2.05) is 12.4 Å². The summed E-state index contributed by atoms with van der Waals surface area (Å²) in [5.41, 5.74) is 1.34. The number of rotatable bonds is 4. The van der Waals surface area contributed by atoms with Crippen LogP contribution in [0.1, 0.15) is 31.4 Å². The minimum Gasteiger partial charge on any atom is -0.314 e. The zero-order chi connectivity index (χ0) is 12.1. The van der Waals surface area contributed by atoms with Crippen LogP contribution in [0.25, 0.3) is 0 Å². The van der Waals surface area contributed by atoms with Gasteiger partial charge in [-0.15, -0.1) is 0 Å². The fraction of sp³-hybridized carbons (Fsp3) is 0.615. The molecule has 0 aliphatic carbocycles. The molecule has 4 heteroatoms. The summed E-state index contributed by atoms with van der Waals surface area (Å²) in [6, 6.07) is 2.72. The van der Waals surface area contributed by atoms with Crippen LogP contribution in [0.5, 0.6) is 0 Å². The highest BCUT2D eigenvalue weighted by Crippen LogP contribution is 2.27. The molecule has 17 heavy (non-hydrogen) atoms. The molecule has 1 fully saturated rings. The van der Waals surface area contributed by atoms with E-state index in [-0.39, 0.29) is 0 Å². The third-order valence-corrected chi connectivity index (χ3v) is 3.70. The first kappa shape index (κ1) is 13.0. The van der Waals surface area contributed by atoms with Gasteiger partial charge in [0.05, 0.1) is 0 Å². The number of hydrogen-bond donors (Lipinski definition) is 1. The van der Waals surface area contributed by atoms with Crippen LogP contribution in [0.3, 0.4) is 0 Å². The molecule has 0 unspecified atom stereocenters. The Morgan fingerprint density at radius 1 is 1.41 bits per heavy atom. The lowest BCUT2D eigenvalue weighted by atomic mass is 10.0. The number of nitrogens with zero attached hydrogens (tertiary/aromatic N) is 2. The van der Waals surface area contributed by atoms with Gasteiger partial charge >= 0.3 is 0 Å². The summed E-state index contributed by atoms with van der Waals surface area (Å²) in [6.45, 7) is 6.72. The highest BCUT2D eigenvalue weighted by Gasteiger charge is 2.21. The van der Waals surface area contributed by atoms with Crippen LogP contribution in [-0.4, -0.2) is 36.1 Å². The second-order valence-electron chi connectivity index (χ2n) is 4.53. The fourth-order valence-electron chi connectivity index (χ4n) is 2.44. The number of aromatic nitrogens is 1. The van der Waals surface area contributed by atoms with E-state index in [0.29, 0.717) is 6.04 Å². The molecule has 0 saturated carbocycles. The number of pyridine rings is 1. The van der Waals surface area contributed by atoms with Crippen molar-refractivity contribution in [1.29, 1.82) is 0 Å². The zero-order valence-corrected chi connectivity index (χ0v) is 11.9. The Hall–Kier alpha value is -0.450. The number of nitrogens with one attached hydrogen (secondary N) is 1. The molecule has 1 atom stereocenters. The monoisotopic (exact) mass is 297 g/mol. The molecule has 1 aliphatic rings. The molecule has 1 aromatic heterocycles. The van der Waals surface area contributed by atoms with E-state index in [9.17, 15) is 0 Å². The molecule has 2 rings (SSSR count). The topological polar surface area (TPSA) is 28.2 Å². The zero-order valence-electron chi connectivity index (χ0n) is 10.3. The third kappa shape index (κ3) is 3.50. The van der Waals surface area contributed by atoms with Crippen LogP contribution < -0.4 is 5.32 Å². The van der Waals surface area contributed by atoms with Crippen molar-refractivity contribution in [2.24, 2.45) is 0 Å². The number of halogens is 1. The summed E-state index contributed by atoms with van der Waals surface area (Å²) in [6.07, 6.45) is 6.27. The molecule has 1 N–H and O–H groups in total. The average Bonchev–Trinajstić information content (AvgIpc) is 2.37. The normalized spacial score (nSPS) is 19.2. The summed E-state index contributed by atoms with van der Waals surface area (Å²) >= 11 is 3.51. The molecule has 0 spiro atoms. The molecule has 0 amide bonds. The van der Waals surface area contributed by atoms with E-state index in [1.54, 1.807) is 0 Å². The third-order valence-electron chi connectivity index (χ3n) is 3.27. The Balaban J connectivity index is 2.15. The van der Waals surface area contributed by atoms with Gasteiger partial charge in [0.15, 0.2) is 0 Å². The van der Waals surface area contributed by atoms with Gasteiger partial charge in [0.2, 0.25) is 0 Å². The molecule has 1 saturated heterocycles. The van der Waals surface area contributed by atoms with Gasteiger partial charge in [-0.2, -0.15) is 0 Å². The van der Waals surface area contributed by atoms with Crippen LogP contribution >= 0.6 is 15.9 Å². The lowest BCUT2D eigenvalue weighted by Gasteiger charge is -2.35. The first-order valence-corrected chi connectivity index (χ1v) is 7.15. The first-order chi connectivity index (χ1) is 8.31. The highest BCUT2D eigenvalue weighted by atomic mass is 79.9. The van der Waals surface area contributed by atoms with Crippen molar-refractivity contribution in [1.82, 2.24) is 15.2 Å². The molecule has 94 valence electrons. The SMILES string of the molecule is CCC[C@H](c1cncc(Br)c1)N1CCNCC1. The molecular formula is C13H20BrN3. The fourth-order valence-corrected chi connectivity index (χ4v) is 2.82. The summed E-state index contributed by atoms with van der Waals surface area (Å²) in [7, 11) is 0. The van der Waals surface area contributed by atoms with Gasteiger partial charge < -0.3 is 5.32 Å². The maximum atomic E-state index is 4.29. The molecule has 0 radical (unpaired) electrons. The second-order valence-corrected chi connectivity index (χ2v) is 5.44. The summed E-state index contributed by atoms with van der Waals surface area (Å²) in [5, 5.41) is 3.41. The van der Waals surface area contributed by atoms with E-state index in [1.165, 1.54) is 18.4 Å². The number of piperazine rings is 1. The van der Waals surface area contributed by atoms with Gasteiger partial charge in [-0.05, 0) is 34.0 Å². The summed E-state index contributed by atoms with van der Waals surface area (Å²) < 4.78 is 1.08. The van der Waals surface area contributed by atoms with E-state index in [4.69, 9.17) is 0 Å². The quantitative estimate of drug-likeness (QED) is 0.926. The van der Waals surface area contributed by atoms with Crippen LogP contribution in [0, 0.1) is 0 Å². The molecule has 3 nitrogen and oxygen atoms in total. The van der Waals surface area contributed by atoms with Crippen molar-refractivity contribution in [2.45, 2.75) is 25.8 Å². The summed E-state index contributed by atoms with van der Waals surface area (Å²) in [5.74, 6) is 0. The minimum absolute atomic E-state index is 0.520. The maximum Gasteiger partial charge on any atom is 0.0410 e. The van der Waals surface area contributed by atoms with Gasteiger partial charge in [0, 0.05) is 49.1 Å². The maximum absolute atomic E-state index is 4.29. The molecule has 1 aromatic rings. The van der Waals surface area contributed by atoms with Crippen molar-refractivity contribution in [3.8, 4) is 0 Å². The van der Waals surface area contributed by atoms with E-state index < -0.39 is 0 Å². The Morgan fingerprint density at radius 2 is 2.18 bits per heavy atom. The van der Waals surface area contributed by atoms with Crippen LogP contribution in [-0.2, 0) is 0 Å². The standard InChI is InChI=1S/C13H20BrN3/c1-2-3-13(17-6-4-15-5-7-17)11-8-12(14)10-16-9-11/h8-10,13,15H,2-7H2,1H3/t13-/m1/s1. The van der Waals surface area contributed by atoms with Crippen molar-refractivity contribution >= 4 is 15.9 Å². The van der Waals surface area contributed by atoms with Crippen LogP contribution in [0.2, 0.25) is 0 Å². The molecular weight excluding hydrogens is 278 g/mol. The van der Waals surface area contributed by atoms with E-state index in [0.717, 1.165) is 30.7 Å². The Bertz CT molecular complexity index is 350. The second kappa shape index (κ2) is 6.47. The van der Waals surface area contributed by atoms with Gasteiger partial charge in [-0.3, -0.25) is 9.88 Å². The van der Waals surface area contributed by atoms with Crippen molar-refractivity contribution in [3.05, 3.63) is 28.5 Å². The van der Waals surface area contributed by atoms with Gasteiger partial charge in [0.1, 0.15) is 0 Å². The predicted octanol–water partition coefficient (Wildman–Crippen LogP) is 2.59. The van der Waals surface area contributed by atoms with Gasteiger partial charge in [-0.25, -0.2) is 0 Å². The van der Waals surface area contributed by atoms with Gasteiger partial charge in [-0.1, -0.05) is 13.3 Å². The van der Waals surface area contributed by atoms with Crippen LogP contribution in [0.4, 0.5) is 0 Å². The number of hydrogen-bond acceptors (Lipinski definition) is 3.